The highest BCUT2D eigenvalue weighted by Crippen LogP contribution is 2.37. The summed E-state index contributed by atoms with van der Waals surface area (Å²) in [6.45, 7) is 0. The third-order valence-electron chi connectivity index (χ3n) is 2.18. The van der Waals surface area contributed by atoms with Gasteiger partial charge in [0.15, 0.2) is 0 Å². The first-order chi connectivity index (χ1) is 8.69. The fourth-order valence-corrected chi connectivity index (χ4v) is 2.02. The highest BCUT2D eigenvalue weighted by molar-refractivity contribution is 8.00. The van der Waals surface area contributed by atoms with Crippen molar-refractivity contribution in [3.8, 4) is 0 Å². The number of rotatable bonds is 5. The van der Waals surface area contributed by atoms with Crippen molar-refractivity contribution < 1.29 is 33.3 Å². The second-order valence-electron chi connectivity index (χ2n) is 3.73. The van der Waals surface area contributed by atoms with Crippen LogP contribution in [0.1, 0.15) is 18.1 Å². The summed E-state index contributed by atoms with van der Waals surface area (Å²) in [7, 11) is 0. The fourth-order valence-electron chi connectivity index (χ4n) is 1.41. The van der Waals surface area contributed by atoms with Crippen LogP contribution in [0.4, 0.5) is 13.2 Å². The Labute approximate surface area is 110 Å². The number of aliphatic hydroxyl groups excluding tert-OH is 2. The molecule has 0 bridgehead atoms. The highest BCUT2D eigenvalue weighted by atomic mass is 32.2. The zero-order chi connectivity index (χ0) is 14.6. The normalized spacial score (nSPS) is 15.0. The van der Waals surface area contributed by atoms with E-state index in [2.05, 4.69) is 0 Å². The first kappa shape index (κ1) is 15.8. The van der Waals surface area contributed by atoms with E-state index in [9.17, 15) is 28.2 Å². The van der Waals surface area contributed by atoms with Gasteiger partial charge < -0.3 is 15.3 Å². The van der Waals surface area contributed by atoms with Crippen molar-refractivity contribution in [1.29, 1.82) is 0 Å². The lowest BCUT2D eigenvalue weighted by atomic mass is 10.0. The molecule has 0 aliphatic rings. The summed E-state index contributed by atoms with van der Waals surface area (Å²) < 4.78 is 36.5. The van der Waals surface area contributed by atoms with Crippen molar-refractivity contribution in [1.82, 2.24) is 0 Å². The van der Waals surface area contributed by atoms with Crippen molar-refractivity contribution >= 4 is 17.7 Å². The molecule has 2 atom stereocenters. The Morgan fingerprint density at radius 1 is 1.32 bits per heavy atom. The number of alkyl halides is 3. The molecule has 0 heterocycles. The van der Waals surface area contributed by atoms with E-state index in [1.54, 1.807) is 0 Å². The van der Waals surface area contributed by atoms with E-state index in [1.807, 2.05) is 0 Å². The van der Waals surface area contributed by atoms with Gasteiger partial charge in [-0.3, -0.25) is 4.79 Å². The predicted molar refractivity (Wildman–Crippen MR) is 61.6 cm³/mol. The summed E-state index contributed by atoms with van der Waals surface area (Å²) in [5.74, 6) is -1.31. The third-order valence-corrected chi connectivity index (χ3v) is 2.90. The summed E-state index contributed by atoms with van der Waals surface area (Å²) in [5.41, 5.74) is -4.42. The number of thioether (sulfide) groups is 1. The maximum absolute atomic E-state index is 12.2. The van der Waals surface area contributed by atoms with Gasteiger partial charge in [-0.25, -0.2) is 0 Å². The average Bonchev–Trinajstić information content (AvgIpc) is 2.25. The van der Waals surface area contributed by atoms with Crippen molar-refractivity contribution in [2.24, 2.45) is 0 Å². The van der Waals surface area contributed by atoms with Gasteiger partial charge >= 0.3 is 11.5 Å². The Morgan fingerprint density at radius 3 is 2.47 bits per heavy atom. The molecule has 0 radical (unpaired) electrons. The van der Waals surface area contributed by atoms with Crippen LogP contribution in [0, 0.1) is 0 Å². The van der Waals surface area contributed by atoms with Crippen LogP contribution >= 0.6 is 11.8 Å². The molecule has 1 rings (SSSR count). The molecule has 1 aromatic carbocycles. The maximum atomic E-state index is 12.2. The van der Waals surface area contributed by atoms with Gasteiger partial charge in [-0.2, -0.15) is 13.2 Å². The number of aliphatic hydroxyl groups is 2. The molecule has 0 aliphatic carbocycles. The third kappa shape index (κ3) is 5.50. The standard InChI is InChI=1S/C11H11F3O4S/c12-11(13,14)19-7-3-1-2-6(4-7)10(18)8(15)5-9(16)17/h1-4,8,10,15,18H,5H2,(H,16,17). The van der Waals surface area contributed by atoms with Gasteiger partial charge in [-0.15, -0.1) is 0 Å². The summed E-state index contributed by atoms with van der Waals surface area (Å²) in [6, 6.07) is 4.88. The number of carbonyl (C=O) groups is 1. The zero-order valence-electron chi connectivity index (χ0n) is 9.46. The van der Waals surface area contributed by atoms with E-state index in [-0.39, 0.29) is 22.2 Å². The molecule has 0 aromatic heterocycles. The molecule has 3 N–H and O–H groups in total. The van der Waals surface area contributed by atoms with Gasteiger partial charge in [0.2, 0.25) is 0 Å². The van der Waals surface area contributed by atoms with Crippen LogP contribution in [0.25, 0.3) is 0 Å². The molecule has 8 heteroatoms. The second-order valence-corrected chi connectivity index (χ2v) is 4.87. The lowest BCUT2D eigenvalue weighted by Gasteiger charge is -2.17. The van der Waals surface area contributed by atoms with Gasteiger partial charge in [0.05, 0.1) is 12.5 Å². The van der Waals surface area contributed by atoms with Crippen LogP contribution in [0.5, 0.6) is 0 Å². The number of benzene rings is 1. The molecule has 0 aliphatic heterocycles. The van der Waals surface area contributed by atoms with Gasteiger partial charge in [-0.1, -0.05) is 12.1 Å². The molecule has 2 unspecified atom stereocenters. The molecular weight excluding hydrogens is 285 g/mol. The molecule has 4 nitrogen and oxygen atoms in total. The molecule has 0 saturated heterocycles. The Morgan fingerprint density at radius 2 is 1.95 bits per heavy atom. The van der Waals surface area contributed by atoms with Gasteiger partial charge in [0.25, 0.3) is 0 Å². The lowest BCUT2D eigenvalue weighted by molar-refractivity contribution is -0.141. The largest absolute Gasteiger partial charge is 0.481 e. The fraction of sp³-hybridized carbons (Fsp3) is 0.364. The molecule has 0 fully saturated rings. The zero-order valence-corrected chi connectivity index (χ0v) is 10.3. The van der Waals surface area contributed by atoms with E-state index >= 15 is 0 Å². The quantitative estimate of drug-likeness (QED) is 0.726. The Bertz CT molecular complexity index is 450. The van der Waals surface area contributed by atoms with Crippen LogP contribution in [-0.2, 0) is 4.79 Å². The number of hydrogen-bond donors (Lipinski definition) is 3. The topological polar surface area (TPSA) is 77.8 Å². The van der Waals surface area contributed by atoms with E-state index in [0.717, 1.165) is 6.07 Å². The molecule has 0 spiro atoms. The van der Waals surface area contributed by atoms with Gasteiger partial charge in [-0.05, 0) is 29.5 Å². The molecule has 0 saturated carbocycles. The SMILES string of the molecule is O=C(O)CC(O)C(O)c1cccc(SC(F)(F)F)c1. The second kappa shape index (κ2) is 6.27. The van der Waals surface area contributed by atoms with Gasteiger partial charge in [0.1, 0.15) is 6.10 Å². The van der Waals surface area contributed by atoms with Crippen LogP contribution < -0.4 is 0 Å². The molecular formula is C11H11F3O4S. The Hall–Kier alpha value is -1.25. The maximum Gasteiger partial charge on any atom is 0.446 e. The van der Waals surface area contributed by atoms with Crippen LogP contribution in [0.15, 0.2) is 29.2 Å². The minimum Gasteiger partial charge on any atom is -0.481 e. The van der Waals surface area contributed by atoms with Crippen molar-refractivity contribution in [2.75, 3.05) is 0 Å². The first-order valence-corrected chi connectivity index (χ1v) is 5.94. The monoisotopic (exact) mass is 296 g/mol. The average molecular weight is 296 g/mol. The van der Waals surface area contributed by atoms with Crippen molar-refractivity contribution in [3.05, 3.63) is 29.8 Å². The van der Waals surface area contributed by atoms with E-state index in [0.29, 0.717) is 0 Å². The summed E-state index contributed by atoms with van der Waals surface area (Å²) in [5, 5.41) is 27.5. The Kier molecular flexibility index (Phi) is 5.21. The molecule has 19 heavy (non-hydrogen) atoms. The van der Waals surface area contributed by atoms with Gasteiger partial charge in [0, 0.05) is 4.90 Å². The molecule has 0 amide bonds. The van der Waals surface area contributed by atoms with E-state index in [4.69, 9.17) is 5.11 Å². The summed E-state index contributed by atoms with van der Waals surface area (Å²) >= 11 is -0.351. The molecule has 1 aromatic rings. The number of hydrogen-bond acceptors (Lipinski definition) is 4. The molecule has 106 valence electrons. The van der Waals surface area contributed by atoms with Crippen molar-refractivity contribution in [3.63, 3.8) is 0 Å². The van der Waals surface area contributed by atoms with Crippen LogP contribution in [0.2, 0.25) is 0 Å². The van der Waals surface area contributed by atoms with E-state index < -0.39 is 30.1 Å². The van der Waals surface area contributed by atoms with E-state index in [1.165, 1.54) is 18.2 Å². The number of carboxylic acid groups (broad SMARTS) is 1. The number of aliphatic carboxylic acids is 1. The minimum absolute atomic E-state index is 0.0306. The summed E-state index contributed by atoms with van der Waals surface area (Å²) in [4.78, 5) is 10.2. The first-order valence-electron chi connectivity index (χ1n) is 5.12. The van der Waals surface area contributed by atoms with Crippen LogP contribution in [0.3, 0.4) is 0 Å². The number of halogens is 3. The lowest BCUT2D eigenvalue weighted by Crippen LogP contribution is -2.21. The smallest absolute Gasteiger partial charge is 0.446 e. The van der Waals surface area contributed by atoms with Crippen LogP contribution in [-0.4, -0.2) is 32.9 Å². The summed E-state index contributed by atoms with van der Waals surface area (Å²) in [6.07, 6.45) is -3.83. The Balaban J connectivity index is 2.83. The number of carboxylic acids is 1. The van der Waals surface area contributed by atoms with Crippen molar-refractivity contribution in [2.45, 2.75) is 29.0 Å². The minimum atomic E-state index is -4.46. The highest BCUT2D eigenvalue weighted by Gasteiger charge is 2.30. The predicted octanol–water partition coefficient (Wildman–Crippen LogP) is 2.17.